The van der Waals surface area contributed by atoms with Gasteiger partial charge in [0.25, 0.3) is 11.1 Å². The van der Waals surface area contributed by atoms with Gasteiger partial charge < -0.3 is 14.9 Å². The third kappa shape index (κ3) is 4.78. The number of aromatic nitrogens is 2. The van der Waals surface area contributed by atoms with Gasteiger partial charge in [0.05, 0.1) is 0 Å². The first kappa shape index (κ1) is 15.4. The number of aryl methyl sites for hydroxylation is 2. The van der Waals surface area contributed by atoms with Gasteiger partial charge in [-0.25, -0.2) is 0 Å². The molecule has 7 heteroatoms. The van der Waals surface area contributed by atoms with E-state index in [0.717, 1.165) is 16.9 Å². The van der Waals surface area contributed by atoms with Crippen LogP contribution in [0.1, 0.15) is 23.4 Å². The summed E-state index contributed by atoms with van der Waals surface area (Å²) < 4.78 is 11.1. The summed E-state index contributed by atoms with van der Waals surface area (Å²) >= 11 is 1.30. The molecular formula is C14H17N3O3S. The van der Waals surface area contributed by atoms with E-state index in [1.807, 2.05) is 32.0 Å². The topological polar surface area (TPSA) is 91.2 Å². The number of benzene rings is 1. The Hall–Kier alpha value is -2.02. The molecule has 0 aliphatic rings. The number of primary amides is 1. The van der Waals surface area contributed by atoms with Crippen molar-refractivity contribution >= 4 is 17.7 Å². The summed E-state index contributed by atoms with van der Waals surface area (Å²) in [6.45, 7) is 4.20. The quantitative estimate of drug-likeness (QED) is 0.789. The van der Waals surface area contributed by atoms with E-state index in [2.05, 4.69) is 10.2 Å². The zero-order valence-electron chi connectivity index (χ0n) is 12.0. The smallest absolute Gasteiger partial charge is 0.276 e. The van der Waals surface area contributed by atoms with Crippen molar-refractivity contribution < 1.29 is 13.9 Å². The number of rotatable bonds is 7. The van der Waals surface area contributed by atoms with E-state index in [-0.39, 0.29) is 18.9 Å². The van der Waals surface area contributed by atoms with Crippen molar-refractivity contribution in [1.29, 1.82) is 0 Å². The molecule has 1 aromatic carbocycles. The highest BCUT2D eigenvalue weighted by Crippen LogP contribution is 2.21. The molecule has 6 nitrogen and oxygen atoms in total. The molecule has 0 fully saturated rings. The van der Waals surface area contributed by atoms with Gasteiger partial charge in [-0.2, -0.15) is 0 Å². The van der Waals surface area contributed by atoms with Crippen LogP contribution in [-0.2, 0) is 11.4 Å². The van der Waals surface area contributed by atoms with Crippen LogP contribution in [-0.4, -0.2) is 21.9 Å². The van der Waals surface area contributed by atoms with Gasteiger partial charge in [-0.05, 0) is 31.0 Å². The average Bonchev–Trinajstić information content (AvgIpc) is 2.87. The molecule has 1 aromatic heterocycles. The molecule has 1 amide bonds. The van der Waals surface area contributed by atoms with Gasteiger partial charge in [-0.15, -0.1) is 10.2 Å². The van der Waals surface area contributed by atoms with Gasteiger partial charge in [0.2, 0.25) is 5.91 Å². The molecule has 0 aliphatic heterocycles. The first-order chi connectivity index (χ1) is 10.0. The van der Waals surface area contributed by atoms with Gasteiger partial charge in [0.1, 0.15) is 5.75 Å². The van der Waals surface area contributed by atoms with E-state index in [1.54, 1.807) is 0 Å². The van der Waals surface area contributed by atoms with Crippen molar-refractivity contribution in [3.05, 3.63) is 35.2 Å². The third-order valence-corrected chi connectivity index (χ3v) is 3.54. The van der Waals surface area contributed by atoms with Crippen LogP contribution in [0.5, 0.6) is 5.75 Å². The molecule has 0 saturated heterocycles. The third-order valence-electron chi connectivity index (χ3n) is 2.72. The molecule has 1 heterocycles. The Bertz CT molecular complexity index is 628. The van der Waals surface area contributed by atoms with Gasteiger partial charge in [-0.1, -0.05) is 23.9 Å². The second-order valence-electron chi connectivity index (χ2n) is 4.58. The van der Waals surface area contributed by atoms with Crippen molar-refractivity contribution in [2.45, 2.75) is 32.1 Å². The Morgan fingerprint density at radius 1 is 1.38 bits per heavy atom. The molecule has 0 spiro atoms. The number of carbonyl (C=O) groups excluding carboxylic acids is 1. The van der Waals surface area contributed by atoms with E-state index in [0.29, 0.717) is 16.9 Å². The van der Waals surface area contributed by atoms with Crippen LogP contribution in [0.15, 0.2) is 27.8 Å². The zero-order chi connectivity index (χ0) is 15.2. The molecule has 112 valence electrons. The largest absolute Gasteiger partial charge is 0.484 e. The Morgan fingerprint density at radius 3 is 2.95 bits per heavy atom. The lowest BCUT2D eigenvalue weighted by atomic mass is 10.1. The Kier molecular flexibility index (Phi) is 5.21. The number of hydrogen-bond acceptors (Lipinski definition) is 6. The highest BCUT2D eigenvalue weighted by Gasteiger charge is 2.09. The predicted octanol–water partition coefficient (Wildman–Crippen LogP) is 2.23. The summed E-state index contributed by atoms with van der Waals surface area (Å²) in [4.78, 5) is 10.6. The summed E-state index contributed by atoms with van der Waals surface area (Å²) in [7, 11) is 0. The zero-order valence-corrected chi connectivity index (χ0v) is 12.8. The Balaban J connectivity index is 1.87. The predicted molar refractivity (Wildman–Crippen MR) is 79.1 cm³/mol. The lowest BCUT2D eigenvalue weighted by molar-refractivity contribution is -0.117. The van der Waals surface area contributed by atoms with Gasteiger partial charge >= 0.3 is 0 Å². The standard InChI is InChI=1S/C14H17N3O3S/c1-9-3-4-10(2)11(7-9)19-8-13-16-17-14(20-13)21-6-5-12(15)18/h3-4,7H,5-6,8H2,1-2H3,(H2,15,18). The van der Waals surface area contributed by atoms with E-state index >= 15 is 0 Å². The van der Waals surface area contributed by atoms with Crippen LogP contribution in [0.2, 0.25) is 0 Å². The molecule has 2 aromatic rings. The fraction of sp³-hybridized carbons (Fsp3) is 0.357. The molecule has 0 bridgehead atoms. The lowest BCUT2D eigenvalue weighted by Crippen LogP contribution is -2.10. The van der Waals surface area contributed by atoms with E-state index in [1.165, 1.54) is 11.8 Å². The molecule has 0 unspecified atom stereocenters. The number of nitrogens with two attached hydrogens (primary N) is 1. The summed E-state index contributed by atoms with van der Waals surface area (Å²) in [5.74, 6) is 1.38. The van der Waals surface area contributed by atoms with E-state index < -0.39 is 0 Å². The second-order valence-corrected chi connectivity index (χ2v) is 5.63. The summed E-state index contributed by atoms with van der Waals surface area (Å²) in [6, 6.07) is 6.00. The summed E-state index contributed by atoms with van der Waals surface area (Å²) in [5.41, 5.74) is 7.24. The second kappa shape index (κ2) is 7.12. The van der Waals surface area contributed by atoms with Crippen molar-refractivity contribution in [3.63, 3.8) is 0 Å². The van der Waals surface area contributed by atoms with Crippen molar-refractivity contribution in [3.8, 4) is 5.75 Å². The SMILES string of the molecule is Cc1ccc(C)c(OCc2nnc(SCCC(N)=O)o2)c1. The molecule has 0 aliphatic carbocycles. The highest BCUT2D eigenvalue weighted by molar-refractivity contribution is 7.99. The monoisotopic (exact) mass is 307 g/mol. The van der Waals surface area contributed by atoms with E-state index in [9.17, 15) is 4.79 Å². The minimum Gasteiger partial charge on any atom is -0.484 e. The first-order valence-electron chi connectivity index (χ1n) is 6.48. The molecule has 2 N–H and O–H groups in total. The van der Waals surface area contributed by atoms with Gasteiger partial charge in [0, 0.05) is 12.2 Å². The van der Waals surface area contributed by atoms with Crippen molar-refractivity contribution in [2.75, 3.05) is 5.75 Å². The average molecular weight is 307 g/mol. The van der Waals surface area contributed by atoms with Crippen LogP contribution in [0.25, 0.3) is 0 Å². The maximum absolute atomic E-state index is 10.6. The molecule has 0 radical (unpaired) electrons. The number of hydrogen-bond donors (Lipinski definition) is 1. The van der Waals surface area contributed by atoms with Crippen LogP contribution in [0, 0.1) is 13.8 Å². The minimum atomic E-state index is -0.347. The fourth-order valence-corrected chi connectivity index (χ4v) is 2.33. The highest BCUT2D eigenvalue weighted by atomic mass is 32.2. The summed E-state index contributed by atoms with van der Waals surface area (Å²) in [5, 5.41) is 8.19. The van der Waals surface area contributed by atoms with Crippen molar-refractivity contribution in [1.82, 2.24) is 10.2 Å². The van der Waals surface area contributed by atoms with Crippen LogP contribution < -0.4 is 10.5 Å². The van der Waals surface area contributed by atoms with Crippen LogP contribution in [0.4, 0.5) is 0 Å². The Labute approximate surface area is 127 Å². The maximum Gasteiger partial charge on any atom is 0.276 e. The number of thioether (sulfide) groups is 1. The van der Waals surface area contributed by atoms with Crippen LogP contribution in [0.3, 0.4) is 0 Å². The molecule has 0 saturated carbocycles. The number of nitrogens with zero attached hydrogens (tertiary/aromatic N) is 2. The Morgan fingerprint density at radius 2 is 2.19 bits per heavy atom. The van der Waals surface area contributed by atoms with Gasteiger partial charge in [-0.3, -0.25) is 4.79 Å². The minimum absolute atomic E-state index is 0.216. The van der Waals surface area contributed by atoms with Crippen LogP contribution >= 0.6 is 11.8 Å². The molecule has 21 heavy (non-hydrogen) atoms. The lowest BCUT2D eigenvalue weighted by Gasteiger charge is -2.07. The first-order valence-corrected chi connectivity index (χ1v) is 7.46. The molecular weight excluding hydrogens is 290 g/mol. The maximum atomic E-state index is 10.6. The van der Waals surface area contributed by atoms with E-state index in [4.69, 9.17) is 14.9 Å². The molecule has 0 atom stereocenters. The number of amides is 1. The molecule has 2 rings (SSSR count). The fourth-order valence-electron chi connectivity index (χ4n) is 1.60. The number of carbonyl (C=O) groups is 1. The van der Waals surface area contributed by atoms with Gasteiger partial charge in [0.15, 0.2) is 6.61 Å². The normalized spacial score (nSPS) is 10.6. The van der Waals surface area contributed by atoms with Crippen molar-refractivity contribution in [2.24, 2.45) is 5.73 Å². The number of ether oxygens (including phenoxy) is 1. The summed E-state index contributed by atoms with van der Waals surface area (Å²) in [6.07, 6.45) is 0.279.